The number of nitrogens with one attached hydrogen (secondary N) is 1. The van der Waals surface area contributed by atoms with Crippen LogP contribution in [0, 0.1) is 5.92 Å². The van der Waals surface area contributed by atoms with E-state index in [-0.39, 0.29) is 11.9 Å². The second kappa shape index (κ2) is 5.30. The van der Waals surface area contributed by atoms with Gasteiger partial charge in [-0.1, -0.05) is 38.1 Å². The van der Waals surface area contributed by atoms with E-state index < -0.39 is 12.0 Å². The van der Waals surface area contributed by atoms with Crippen LogP contribution in [0.25, 0.3) is 0 Å². The molecule has 1 aromatic rings. The molecule has 0 saturated heterocycles. The number of carboxylic acids is 1. The number of amides is 2. The third kappa shape index (κ3) is 2.86. The van der Waals surface area contributed by atoms with Crippen LogP contribution in [-0.4, -0.2) is 28.0 Å². The van der Waals surface area contributed by atoms with E-state index in [0.717, 1.165) is 11.1 Å². The van der Waals surface area contributed by atoms with Crippen molar-refractivity contribution >= 4 is 12.0 Å². The summed E-state index contributed by atoms with van der Waals surface area (Å²) in [4.78, 5) is 24.8. The Labute approximate surface area is 112 Å². The van der Waals surface area contributed by atoms with Crippen molar-refractivity contribution in [2.75, 3.05) is 0 Å². The molecule has 2 N–H and O–H groups in total. The summed E-state index contributed by atoms with van der Waals surface area (Å²) in [5, 5.41) is 11.7. The number of hydrogen-bond acceptors (Lipinski definition) is 2. The molecule has 1 heterocycles. The Kier molecular flexibility index (Phi) is 3.74. The van der Waals surface area contributed by atoms with Gasteiger partial charge in [-0.2, -0.15) is 0 Å². The molecule has 0 radical (unpaired) electrons. The Morgan fingerprint density at radius 2 is 1.74 bits per heavy atom. The molecule has 19 heavy (non-hydrogen) atoms. The maximum absolute atomic E-state index is 12.1. The maximum atomic E-state index is 12.1. The van der Waals surface area contributed by atoms with Crippen molar-refractivity contribution in [1.82, 2.24) is 10.2 Å². The van der Waals surface area contributed by atoms with Gasteiger partial charge in [-0.25, -0.2) is 9.59 Å². The molecular weight excluding hydrogens is 244 g/mol. The molecule has 0 aliphatic carbocycles. The van der Waals surface area contributed by atoms with Crippen LogP contribution in [0.2, 0.25) is 0 Å². The smallest absolute Gasteiger partial charge is 0.326 e. The quantitative estimate of drug-likeness (QED) is 0.873. The summed E-state index contributed by atoms with van der Waals surface area (Å²) in [7, 11) is 0. The highest BCUT2D eigenvalue weighted by Crippen LogP contribution is 2.22. The zero-order chi connectivity index (χ0) is 14.0. The molecule has 0 fully saturated rings. The van der Waals surface area contributed by atoms with E-state index in [2.05, 4.69) is 5.32 Å². The van der Waals surface area contributed by atoms with Crippen LogP contribution in [-0.2, 0) is 17.9 Å². The van der Waals surface area contributed by atoms with E-state index in [4.69, 9.17) is 5.11 Å². The number of carbonyl (C=O) groups excluding carboxylic acids is 1. The Hall–Kier alpha value is -2.04. The van der Waals surface area contributed by atoms with Gasteiger partial charge in [0.05, 0.1) is 0 Å². The largest absolute Gasteiger partial charge is 0.480 e. The number of carbonyl (C=O) groups is 2. The standard InChI is InChI=1S/C14H18N2O3/c1-9(2)12(13(17)18)15-14(19)16-7-10-5-3-4-6-11(10)8-16/h3-6,9,12H,7-8H2,1-2H3,(H,15,19)(H,17,18)/t12-/m1/s1. The SMILES string of the molecule is CC(C)[C@@H](NC(=O)N1Cc2ccccc2C1)C(=O)O. The molecule has 0 bridgehead atoms. The van der Waals surface area contributed by atoms with Crippen LogP contribution in [0.4, 0.5) is 4.79 Å². The van der Waals surface area contributed by atoms with Crippen molar-refractivity contribution in [2.24, 2.45) is 5.92 Å². The molecular formula is C14H18N2O3. The number of benzene rings is 1. The topological polar surface area (TPSA) is 69.6 Å². The molecule has 2 amide bonds. The third-order valence-corrected chi connectivity index (χ3v) is 3.34. The van der Waals surface area contributed by atoms with E-state index in [1.165, 1.54) is 0 Å². The van der Waals surface area contributed by atoms with Crippen molar-refractivity contribution in [2.45, 2.75) is 33.0 Å². The van der Waals surface area contributed by atoms with Crippen LogP contribution < -0.4 is 5.32 Å². The van der Waals surface area contributed by atoms with Crippen LogP contribution >= 0.6 is 0 Å². The summed E-state index contributed by atoms with van der Waals surface area (Å²) in [5.41, 5.74) is 2.24. The van der Waals surface area contributed by atoms with E-state index in [0.29, 0.717) is 13.1 Å². The Balaban J connectivity index is 2.01. The average Bonchev–Trinajstić information content (AvgIpc) is 2.78. The van der Waals surface area contributed by atoms with E-state index in [9.17, 15) is 9.59 Å². The number of aliphatic carboxylic acids is 1. The summed E-state index contributed by atoms with van der Waals surface area (Å²) in [6, 6.07) is 6.68. The first-order valence-electron chi connectivity index (χ1n) is 6.34. The molecule has 0 spiro atoms. The van der Waals surface area contributed by atoms with Gasteiger partial charge < -0.3 is 15.3 Å². The average molecular weight is 262 g/mol. The normalized spacial score (nSPS) is 15.2. The molecule has 1 aliphatic heterocycles. The highest BCUT2D eigenvalue weighted by Gasteiger charge is 2.28. The first-order chi connectivity index (χ1) is 8.99. The second-order valence-electron chi connectivity index (χ2n) is 5.13. The van der Waals surface area contributed by atoms with Crippen LogP contribution in [0.3, 0.4) is 0 Å². The van der Waals surface area contributed by atoms with Crippen molar-refractivity contribution in [3.63, 3.8) is 0 Å². The first-order valence-corrected chi connectivity index (χ1v) is 6.34. The summed E-state index contributed by atoms with van der Waals surface area (Å²) in [6.45, 7) is 4.62. The summed E-state index contributed by atoms with van der Waals surface area (Å²) in [5.74, 6) is -1.15. The summed E-state index contributed by atoms with van der Waals surface area (Å²) >= 11 is 0. The number of carboxylic acid groups (broad SMARTS) is 1. The van der Waals surface area contributed by atoms with Crippen molar-refractivity contribution in [3.8, 4) is 0 Å². The minimum absolute atomic E-state index is 0.147. The van der Waals surface area contributed by atoms with Crippen molar-refractivity contribution in [1.29, 1.82) is 0 Å². The predicted octanol–water partition coefficient (Wildman–Crippen LogP) is 1.82. The molecule has 5 heteroatoms. The lowest BCUT2D eigenvalue weighted by atomic mass is 10.1. The van der Waals surface area contributed by atoms with Crippen LogP contribution in [0.15, 0.2) is 24.3 Å². The summed E-state index contributed by atoms with van der Waals surface area (Å²) in [6.07, 6.45) is 0. The van der Waals surface area contributed by atoms with Gasteiger partial charge in [0.25, 0.3) is 0 Å². The molecule has 0 unspecified atom stereocenters. The van der Waals surface area contributed by atoms with E-state index in [1.54, 1.807) is 18.7 Å². The number of urea groups is 1. The first kappa shape index (κ1) is 13.4. The molecule has 5 nitrogen and oxygen atoms in total. The molecule has 2 rings (SSSR count). The van der Waals surface area contributed by atoms with Crippen LogP contribution in [0.5, 0.6) is 0 Å². The fourth-order valence-corrected chi connectivity index (χ4v) is 2.21. The zero-order valence-electron chi connectivity index (χ0n) is 11.1. The van der Waals surface area contributed by atoms with Gasteiger partial charge in [-0.05, 0) is 17.0 Å². The lowest BCUT2D eigenvalue weighted by Gasteiger charge is -2.22. The zero-order valence-corrected chi connectivity index (χ0v) is 11.1. The minimum Gasteiger partial charge on any atom is -0.480 e. The Bertz CT molecular complexity index is 474. The highest BCUT2D eigenvalue weighted by atomic mass is 16.4. The van der Waals surface area contributed by atoms with E-state index >= 15 is 0 Å². The van der Waals surface area contributed by atoms with Gasteiger partial charge in [-0.3, -0.25) is 0 Å². The minimum atomic E-state index is -1.000. The fourth-order valence-electron chi connectivity index (χ4n) is 2.21. The lowest BCUT2D eigenvalue weighted by Crippen LogP contribution is -2.48. The van der Waals surface area contributed by atoms with Gasteiger partial charge in [-0.15, -0.1) is 0 Å². The van der Waals surface area contributed by atoms with Crippen molar-refractivity contribution in [3.05, 3.63) is 35.4 Å². The molecule has 0 aromatic heterocycles. The van der Waals surface area contributed by atoms with E-state index in [1.807, 2.05) is 24.3 Å². The number of hydrogen-bond donors (Lipinski definition) is 2. The highest BCUT2D eigenvalue weighted by molar-refractivity contribution is 5.83. The molecule has 1 aromatic carbocycles. The van der Waals surface area contributed by atoms with Gasteiger partial charge >= 0.3 is 12.0 Å². The van der Waals surface area contributed by atoms with Gasteiger partial charge in [0.15, 0.2) is 0 Å². The van der Waals surface area contributed by atoms with Crippen LogP contribution in [0.1, 0.15) is 25.0 Å². The van der Waals surface area contributed by atoms with Gasteiger partial charge in [0, 0.05) is 13.1 Å². The number of nitrogens with zero attached hydrogens (tertiary/aromatic N) is 1. The maximum Gasteiger partial charge on any atom is 0.326 e. The monoisotopic (exact) mass is 262 g/mol. The number of rotatable bonds is 3. The number of fused-ring (bicyclic) bond motifs is 1. The molecule has 1 atom stereocenters. The third-order valence-electron chi connectivity index (χ3n) is 3.34. The predicted molar refractivity (Wildman–Crippen MR) is 70.5 cm³/mol. The Morgan fingerprint density at radius 3 is 2.16 bits per heavy atom. The molecule has 0 saturated carbocycles. The Morgan fingerprint density at radius 1 is 1.21 bits per heavy atom. The summed E-state index contributed by atoms with van der Waals surface area (Å²) < 4.78 is 0. The second-order valence-corrected chi connectivity index (χ2v) is 5.13. The lowest BCUT2D eigenvalue weighted by molar-refractivity contribution is -0.140. The fraction of sp³-hybridized carbons (Fsp3) is 0.429. The molecule has 102 valence electrons. The van der Waals surface area contributed by atoms with Gasteiger partial charge in [0.1, 0.15) is 6.04 Å². The van der Waals surface area contributed by atoms with Crippen molar-refractivity contribution < 1.29 is 14.7 Å². The van der Waals surface area contributed by atoms with Gasteiger partial charge in [0.2, 0.25) is 0 Å². The molecule has 1 aliphatic rings.